The van der Waals surface area contributed by atoms with Gasteiger partial charge in [-0.1, -0.05) is 0 Å². The number of ether oxygens (including phenoxy) is 4. The van der Waals surface area contributed by atoms with E-state index in [4.69, 9.17) is 19.7 Å². The molecule has 150 valence electrons. The zero-order chi connectivity index (χ0) is 19.6. The number of amides is 2. The molecule has 12 nitrogen and oxygen atoms in total. The fraction of sp³-hybridized carbons (Fsp3) is 0.714. The molecule has 0 fully saturated rings. The summed E-state index contributed by atoms with van der Waals surface area (Å²) in [5, 5.41) is 21.6. The van der Waals surface area contributed by atoms with Gasteiger partial charge in [0.1, 0.15) is 26.4 Å². The van der Waals surface area contributed by atoms with E-state index in [0.717, 1.165) is 0 Å². The summed E-state index contributed by atoms with van der Waals surface area (Å²) in [6.07, 6.45) is 0. The zero-order valence-electron chi connectivity index (χ0n) is 14.2. The molecule has 0 radical (unpaired) electrons. The maximum absolute atomic E-state index is 11.2. The van der Waals surface area contributed by atoms with Crippen molar-refractivity contribution in [2.24, 2.45) is 0 Å². The van der Waals surface area contributed by atoms with Crippen LogP contribution in [0.25, 0.3) is 0 Å². The highest BCUT2D eigenvalue weighted by Crippen LogP contribution is 1.81. The second kappa shape index (κ2) is 16.2. The summed E-state index contributed by atoms with van der Waals surface area (Å²) < 4.78 is 19.6. The van der Waals surface area contributed by atoms with E-state index in [9.17, 15) is 19.2 Å². The van der Waals surface area contributed by atoms with Crippen molar-refractivity contribution in [2.45, 2.75) is 0 Å². The van der Waals surface area contributed by atoms with E-state index in [1.807, 2.05) is 0 Å². The average molecular weight is 380 g/mol. The highest BCUT2D eigenvalue weighted by molar-refractivity contribution is 5.78. The Morgan fingerprint density at radius 1 is 0.577 bits per heavy atom. The zero-order valence-corrected chi connectivity index (χ0v) is 14.2. The Morgan fingerprint density at radius 2 is 0.962 bits per heavy atom. The van der Waals surface area contributed by atoms with Crippen molar-refractivity contribution in [3.63, 3.8) is 0 Å². The van der Waals surface area contributed by atoms with Crippen molar-refractivity contribution in [2.75, 3.05) is 65.9 Å². The van der Waals surface area contributed by atoms with Crippen LogP contribution in [0, 0.1) is 0 Å². The molecule has 4 N–H and O–H groups in total. The van der Waals surface area contributed by atoms with E-state index in [1.165, 1.54) is 0 Å². The molecular weight excluding hydrogens is 356 g/mol. The van der Waals surface area contributed by atoms with Crippen LogP contribution in [0.4, 0.5) is 0 Å². The first-order chi connectivity index (χ1) is 12.4. The molecule has 0 aromatic heterocycles. The number of nitrogens with one attached hydrogen (secondary N) is 2. The highest BCUT2D eigenvalue weighted by Gasteiger charge is 2.04. The summed E-state index contributed by atoms with van der Waals surface area (Å²) in [6.45, 7) is -0.123. The van der Waals surface area contributed by atoms with Crippen LogP contribution in [0.2, 0.25) is 0 Å². The summed E-state index contributed by atoms with van der Waals surface area (Å²) in [5.41, 5.74) is 0. The molecule has 0 atom stereocenters. The van der Waals surface area contributed by atoms with Gasteiger partial charge < -0.3 is 39.8 Å². The van der Waals surface area contributed by atoms with Gasteiger partial charge in [-0.15, -0.1) is 0 Å². The molecule has 0 heterocycles. The molecule has 0 aliphatic carbocycles. The van der Waals surface area contributed by atoms with E-state index in [0.29, 0.717) is 13.2 Å². The maximum Gasteiger partial charge on any atom is 0.329 e. The predicted octanol–water partition coefficient (Wildman–Crippen LogP) is -2.55. The maximum atomic E-state index is 11.2. The summed E-state index contributed by atoms with van der Waals surface area (Å²) in [7, 11) is 0. The molecule has 0 bridgehead atoms. The van der Waals surface area contributed by atoms with Gasteiger partial charge in [0.25, 0.3) is 0 Å². The Hall–Kier alpha value is -2.28. The van der Waals surface area contributed by atoms with Crippen molar-refractivity contribution in [1.29, 1.82) is 0 Å². The van der Waals surface area contributed by atoms with Crippen LogP contribution in [0.15, 0.2) is 0 Å². The molecule has 0 aliphatic heterocycles. The third-order valence-corrected chi connectivity index (χ3v) is 2.43. The molecule has 0 rings (SSSR count). The quantitative estimate of drug-likeness (QED) is 0.197. The molecule has 0 spiro atoms. The van der Waals surface area contributed by atoms with Crippen LogP contribution >= 0.6 is 0 Å². The summed E-state index contributed by atoms with van der Waals surface area (Å²) in [4.78, 5) is 42.7. The largest absolute Gasteiger partial charge is 0.480 e. The van der Waals surface area contributed by atoms with Crippen LogP contribution in [0.5, 0.6) is 0 Å². The fourth-order valence-electron chi connectivity index (χ4n) is 1.41. The van der Waals surface area contributed by atoms with Crippen LogP contribution in [0.1, 0.15) is 0 Å². The van der Waals surface area contributed by atoms with Gasteiger partial charge in [-0.05, 0) is 0 Å². The lowest BCUT2D eigenvalue weighted by molar-refractivity contribution is -0.145. The molecule has 26 heavy (non-hydrogen) atoms. The van der Waals surface area contributed by atoms with Crippen LogP contribution in [0.3, 0.4) is 0 Å². The minimum Gasteiger partial charge on any atom is -0.480 e. The van der Waals surface area contributed by atoms with Crippen LogP contribution < -0.4 is 10.6 Å². The van der Waals surface area contributed by atoms with E-state index in [1.54, 1.807) is 0 Å². The van der Waals surface area contributed by atoms with Crippen molar-refractivity contribution >= 4 is 23.8 Å². The third kappa shape index (κ3) is 18.1. The van der Waals surface area contributed by atoms with Gasteiger partial charge >= 0.3 is 11.9 Å². The molecule has 0 unspecified atom stereocenters. The lowest BCUT2D eigenvalue weighted by atomic mass is 10.5. The lowest BCUT2D eigenvalue weighted by Gasteiger charge is -2.08. The van der Waals surface area contributed by atoms with E-state index < -0.39 is 37.0 Å². The minimum absolute atomic E-state index is 0.252. The first kappa shape index (κ1) is 23.7. The first-order valence-electron chi connectivity index (χ1n) is 7.69. The normalized spacial score (nSPS) is 10.3. The standard InChI is InChI=1S/C14H24N2O10/c17-11(7-25-9-13(19)20)15-1-3-23-5-6-24-4-2-16-12(18)8-26-10-14(21)22/h1-10H2,(H,15,17)(H,16,18)(H,19,20)(H,21,22). The van der Waals surface area contributed by atoms with E-state index >= 15 is 0 Å². The van der Waals surface area contributed by atoms with Gasteiger partial charge in [-0.25, -0.2) is 9.59 Å². The number of carbonyl (C=O) groups is 4. The number of aliphatic carboxylic acids is 2. The highest BCUT2D eigenvalue weighted by atomic mass is 16.5. The fourth-order valence-corrected chi connectivity index (χ4v) is 1.41. The molecule has 0 aliphatic rings. The third-order valence-electron chi connectivity index (χ3n) is 2.43. The summed E-state index contributed by atoms with van der Waals surface area (Å²) in [5.74, 6) is -3.16. The minimum atomic E-state index is -1.15. The van der Waals surface area contributed by atoms with Crippen molar-refractivity contribution in [3.8, 4) is 0 Å². The molecular formula is C14H24N2O10. The van der Waals surface area contributed by atoms with Crippen LogP contribution in [-0.4, -0.2) is 99.9 Å². The number of hydrogen-bond donors (Lipinski definition) is 4. The van der Waals surface area contributed by atoms with Gasteiger partial charge in [0, 0.05) is 13.1 Å². The Bertz CT molecular complexity index is 403. The number of carbonyl (C=O) groups excluding carboxylic acids is 2. The van der Waals surface area contributed by atoms with Gasteiger partial charge in [-0.3, -0.25) is 9.59 Å². The molecule has 12 heteroatoms. The summed E-state index contributed by atoms with van der Waals surface area (Å²) in [6, 6.07) is 0. The Morgan fingerprint density at radius 3 is 1.31 bits per heavy atom. The molecule has 0 saturated carbocycles. The first-order valence-corrected chi connectivity index (χ1v) is 7.69. The predicted molar refractivity (Wildman–Crippen MR) is 84.6 cm³/mol. The van der Waals surface area contributed by atoms with Crippen molar-refractivity contribution in [1.82, 2.24) is 10.6 Å². The lowest BCUT2D eigenvalue weighted by Crippen LogP contribution is -2.32. The van der Waals surface area contributed by atoms with Crippen molar-refractivity contribution < 1.29 is 48.3 Å². The molecule has 0 aromatic rings. The average Bonchev–Trinajstić information content (AvgIpc) is 2.55. The van der Waals surface area contributed by atoms with Gasteiger partial charge in [0.2, 0.25) is 11.8 Å². The van der Waals surface area contributed by atoms with Crippen LogP contribution in [-0.2, 0) is 38.1 Å². The molecule has 0 aromatic carbocycles. The number of hydrogen-bond acceptors (Lipinski definition) is 8. The van der Waals surface area contributed by atoms with Crippen molar-refractivity contribution in [3.05, 3.63) is 0 Å². The topological polar surface area (TPSA) is 170 Å². The van der Waals surface area contributed by atoms with Gasteiger partial charge in [0.05, 0.1) is 26.4 Å². The summed E-state index contributed by atoms with van der Waals surface area (Å²) >= 11 is 0. The number of carboxylic acids is 2. The Kier molecular flexibility index (Phi) is 14.8. The monoisotopic (exact) mass is 380 g/mol. The van der Waals surface area contributed by atoms with Gasteiger partial charge in [0.15, 0.2) is 0 Å². The molecule has 0 saturated heterocycles. The van der Waals surface area contributed by atoms with E-state index in [2.05, 4.69) is 20.1 Å². The molecule has 2 amide bonds. The second-order valence-electron chi connectivity index (χ2n) is 4.70. The second-order valence-corrected chi connectivity index (χ2v) is 4.70. The number of carboxylic acid groups (broad SMARTS) is 2. The van der Waals surface area contributed by atoms with Gasteiger partial charge in [-0.2, -0.15) is 0 Å². The number of rotatable bonds is 17. The SMILES string of the molecule is O=C(O)COCC(=O)NCCOCCOCCNC(=O)COCC(=O)O. The smallest absolute Gasteiger partial charge is 0.329 e. The Balaban J connectivity index is 3.28. The Labute approximate surface area is 149 Å². The van der Waals surface area contributed by atoms with E-state index in [-0.39, 0.29) is 39.5 Å².